The Kier molecular flexibility index (Phi) is 4.01. The topological polar surface area (TPSA) is 40.5 Å². The Hall–Kier alpha value is -2.46. The lowest BCUT2D eigenvalue weighted by atomic mass is 10.0. The largest absolute Gasteiger partial charge is 0.493 e. The van der Waals surface area contributed by atoms with E-state index in [0.29, 0.717) is 16.5 Å². The third-order valence-corrected chi connectivity index (χ3v) is 4.13. The predicted octanol–water partition coefficient (Wildman–Crippen LogP) is 3.88. The van der Waals surface area contributed by atoms with Crippen LogP contribution in [-0.4, -0.2) is 18.8 Å². The van der Waals surface area contributed by atoms with E-state index in [1.54, 1.807) is 44.0 Å². The fourth-order valence-electron chi connectivity index (χ4n) is 2.70. The van der Waals surface area contributed by atoms with Crippen molar-refractivity contribution in [2.75, 3.05) is 14.2 Å². The van der Waals surface area contributed by atoms with E-state index < -0.39 is 0 Å². The fraction of sp³-hybridized carbons (Fsp3) is 0.167. The first-order valence-corrected chi connectivity index (χ1v) is 7.44. The maximum absolute atomic E-state index is 12.3. The molecule has 0 bridgehead atoms. The summed E-state index contributed by atoms with van der Waals surface area (Å²) in [5.41, 5.74) is 1.63. The van der Waals surface area contributed by atoms with Gasteiger partial charge in [-0.05, 0) is 35.2 Å². The summed E-state index contributed by atoms with van der Waals surface area (Å²) < 4.78 is 12.3. The highest BCUT2D eigenvalue weighted by Crippen LogP contribution is 2.36. The number of rotatable bonds is 3. The summed E-state index contributed by atoms with van der Waals surface area (Å²) in [6.45, 7) is 0. The van der Waals surface area contributed by atoms with Crippen LogP contribution in [0.4, 0.5) is 0 Å². The van der Waals surface area contributed by atoms with Gasteiger partial charge < -0.3 is 14.0 Å². The number of hydrogen-bond donors (Lipinski definition) is 0. The Balaban J connectivity index is 2.41. The number of benzene rings is 2. The summed E-state index contributed by atoms with van der Waals surface area (Å²) >= 11 is 5.97. The van der Waals surface area contributed by atoms with Crippen molar-refractivity contribution in [1.82, 2.24) is 4.57 Å². The van der Waals surface area contributed by atoms with Gasteiger partial charge in [-0.2, -0.15) is 0 Å². The van der Waals surface area contributed by atoms with E-state index in [1.807, 2.05) is 24.3 Å². The summed E-state index contributed by atoms with van der Waals surface area (Å²) in [6, 6.07) is 12.7. The lowest BCUT2D eigenvalue weighted by molar-refractivity contribution is 0.356. The molecule has 0 saturated heterocycles. The molecular weight excluding hydrogens is 314 g/mol. The van der Waals surface area contributed by atoms with Crippen LogP contribution < -0.4 is 15.0 Å². The van der Waals surface area contributed by atoms with Crippen molar-refractivity contribution in [2.24, 2.45) is 7.05 Å². The highest BCUT2D eigenvalue weighted by atomic mass is 35.5. The average Bonchev–Trinajstić information content (AvgIpc) is 2.56. The molecule has 0 unspecified atom stereocenters. The van der Waals surface area contributed by atoms with E-state index in [0.717, 1.165) is 22.0 Å². The van der Waals surface area contributed by atoms with Crippen LogP contribution in [0.5, 0.6) is 11.5 Å². The first-order chi connectivity index (χ1) is 11.0. The lowest BCUT2D eigenvalue weighted by Gasteiger charge is -2.15. The molecule has 0 saturated carbocycles. The van der Waals surface area contributed by atoms with Crippen molar-refractivity contribution < 1.29 is 9.47 Å². The summed E-state index contributed by atoms with van der Waals surface area (Å²) in [5.74, 6) is 1.21. The van der Waals surface area contributed by atoms with Gasteiger partial charge in [-0.25, -0.2) is 0 Å². The van der Waals surface area contributed by atoms with Crippen LogP contribution in [0.15, 0.2) is 47.3 Å². The summed E-state index contributed by atoms with van der Waals surface area (Å²) in [4.78, 5) is 12.3. The number of fused-ring (bicyclic) bond motifs is 1. The van der Waals surface area contributed by atoms with Gasteiger partial charge in [-0.15, -0.1) is 0 Å². The minimum absolute atomic E-state index is 0.0883. The molecule has 3 rings (SSSR count). The van der Waals surface area contributed by atoms with E-state index in [1.165, 1.54) is 0 Å². The monoisotopic (exact) mass is 329 g/mol. The SMILES string of the molecule is COc1cc2cc(=O)n(C)c(-c3ccc(Cl)cc3)c2cc1OC. The molecule has 4 nitrogen and oxygen atoms in total. The normalized spacial score (nSPS) is 10.8. The molecule has 0 radical (unpaired) electrons. The van der Waals surface area contributed by atoms with Gasteiger partial charge in [0.15, 0.2) is 11.5 Å². The Morgan fingerprint density at radius 2 is 1.57 bits per heavy atom. The Morgan fingerprint density at radius 1 is 0.957 bits per heavy atom. The number of nitrogens with zero attached hydrogens (tertiary/aromatic N) is 1. The molecule has 0 aliphatic heterocycles. The van der Waals surface area contributed by atoms with E-state index >= 15 is 0 Å². The van der Waals surface area contributed by atoms with E-state index in [2.05, 4.69) is 0 Å². The van der Waals surface area contributed by atoms with Gasteiger partial charge in [0.25, 0.3) is 5.56 Å². The fourth-order valence-corrected chi connectivity index (χ4v) is 2.82. The van der Waals surface area contributed by atoms with Crippen LogP contribution >= 0.6 is 11.6 Å². The highest BCUT2D eigenvalue weighted by molar-refractivity contribution is 6.30. The summed E-state index contributed by atoms with van der Waals surface area (Å²) in [6.07, 6.45) is 0. The average molecular weight is 330 g/mol. The van der Waals surface area contributed by atoms with E-state index in [4.69, 9.17) is 21.1 Å². The molecule has 3 aromatic rings. The number of aromatic nitrogens is 1. The molecule has 0 N–H and O–H groups in total. The standard InChI is InChI=1S/C18H16ClNO3/c1-20-17(21)9-12-8-15(22-2)16(23-3)10-14(12)18(20)11-4-6-13(19)7-5-11/h4-10H,1-3H3. The molecule has 0 atom stereocenters. The predicted molar refractivity (Wildman–Crippen MR) is 92.7 cm³/mol. The Labute approximate surface area is 138 Å². The van der Waals surface area contributed by atoms with Gasteiger partial charge in [-0.3, -0.25) is 4.79 Å². The molecule has 0 spiro atoms. The van der Waals surface area contributed by atoms with Crippen molar-refractivity contribution >= 4 is 22.4 Å². The molecule has 118 valence electrons. The smallest absolute Gasteiger partial charge is 0.251 e. The summed E-state index contributed by atoms with van der Waals surface area (Å²) in [7, 11) is 4.92. The van der Waals surface area contributed by atoms with Crippen LogP contribution in [0.1, 0.15) is 0 Å². The van der Waals surface area contributed by atoms with Crippen LogP contribution in [0.3, 0.4) is 0 Å². The Bertz CT molecular complexity index is 930. The number of pyridine rings is 1. The Morgan fingerprint density at radius 3 is 2.17 bits per heavy atom. The molecule has 1 heterocycles. The zero-order valence-corrected chi connectivity index (χ0v) is 13.8. The minimum atomic E-state index is -0.0883. The zero-order chi connectivity index (χ0) is 16.6. The van der Waals surface area contributed by atoms with Crippen molar-refractivity contribution in [3.63, 3.8) is 0 Å². The zero-order valence-electron chi connectivity index (χ0n) is 13.1. The van der Waals surface area contributed by atoms with Crippen molar-refractivity contribution in [1.29, 1.82) is 0 Å². The van der Waals surface area contributed by atoms with Crippen LogP contribution in [0.2, 0.25) is 5.02 Å². The molecule has 0 fully saturated rings. The summed E-state index contributed by atoms with van der Waals surface area (Å²) in [5, 5.41) is 2.36. The van der Waals surface area contributed by atoms with Gasteiger partial charge in [-0.1, -0.05) is 23.7 Å². The van der Waals surface area contributed by atoms with Crippen LogP contribution in [0.25, 0.3) is 22.0 Å². The second-order valence-electron chi connectivity index (χ2n) is 5.19. The molecule has 0 amide bonds. The van der Waals surface area contributed by atoms with Gasteiger partial charge in [0.1, 0.15) is 0 Å². The quantitative estimate of drug-likeness (QED) is 0.732. The molecule has 2 aromatic carbocycles. The van der Waals surface area contributed by atoms with Gasteiger partial charge in [0.05, 0.1) is 19.9 Å². The van der Waals surface area contributed by atoms with Crippen molar-refractivity contribution in [3.8, 4) is 22.8 Å². The lowest BCUT2D eigenvalue weighted by Crippen LogP contribution is -2.17. The minimum Gasteiger partial charge on any atom is -0.493 e. The molecule has 5 heteroatoms. The van der Waals surface area contributed by atoms with Crippen LogP contribution in [-0.2, 0) is 7.05 Å². The number of ether oxygens (including phenoxy) is 2. The number of hydrogen-bond acceptors (Lipinski definition) is 3. The molecule has 0 aliphatic rings. The van der Waals surface area contributed by atoms with E-state index in [-0.39, 0.29) is 5.56 Å². The van der Waals surface area contributed by atoms with Gasteiger partial charge in [0.2, 0.25) is 0 Å². The van der Waals surface area contributed by atoms with Crippen molar-refractivity contribution in [2.45, 2.75) is 0 Å². The van der Waals surface area contributed by atoms with E-state index in [9.17, 15) is 4.79 Å². The molecule has 23 heavy (non-hydrogen) atoms. The second kappa shape index (κ2) is 5.97. The van der Waals surface area contributed by atoms with Gasteiger partial charge >= 0.3 is 0 Å². The van der Waals surface area contributed by atoms with Gasteiger partial charge in [0, 0.05) is 23.5 Å². The van der Waals surface area contributed by atoms with Crippen molar-refractivity contribution in [3.05, 3.63) is 57.8 Å². The van der Waals surface area contributed by atoms with Crippen LogP contribution in [0, 0.1) is 0 Å². The number of halogens is 1. The first kappa shape index (κ1) is 15.4. The molecule has 0 aliphatic carbocycles. The molecule has 1 aromatic heterocycles. The number of methoxy groups -OCH3 is 2. The third-order valence-electron chi connectivity index (χ3n) is 3.87. The highest BCUT2D eigenvalue weighted by Gasteiger charge is 2.14. The first-order valence-electron chi connectivity index (χ1n) is 7.07. The third kappa shape index (κ3) is 2.66. The maximum Gasteiger partial charge on any atom is 0.251 e. The second-order valence-corrected chi connectivity index (χ2v) is 5.63. The molecular formula is C18H16ClNO3. The maximum atomic E-state index is 12.3.